The largest absolute Gasteiger partial charge is 0.495 e. The van der Waals surface area contributed by atoms with Gasteiger partial charge in [-0.05, 0) is 87.3 Å². The molecular weight excluding hydrogens is 400 g/mol. The van der Waals surface area contributed by atoms with Gasteiger partial charge in [0.05, 0.1) is 23.1 Å². The van der Waals surface area contributed by atoms with E-state index in [1.54, 1.807) is 29.6 Å². The Morgan fingerprint density at radius 2 is 1.63 bits per heavy atom. The van der Waals surface area contributed by atoms with E-state index >= 15 is 0 Å². The van der Waals surface area contributed by atoms with E-state index in [1.165, 1.54) is 19.3 Å². The highest BCUT2D eigenvalue weighted by atomic mass is 32.2. The Balaban J connectivity index is 1.41. The third-order valence-electron chi connectivity index (χ3n) is 7.89. The van der Waals surface area contributed by atoms with Crippen molar-refractivity contribution in [3.8, 4) is 5.75 Å². The molecule has 164 valence electrons. The maximum absolute atomic E-state index is 13.5. The van der Waals surface area contributed by atoms with Crippen LogP contribution in [0.4, 0.5) is 5.69 Å². The number of carbonyl (C=O) groups is 1. The average molecular weight is 433 g/mol. The quantitative estimate of drug-likeness (QED) is 0.762. The molecule has 5 aliphatic rings. The lowest BCUT2D eigenvalue weighted by molar-refractivity contribution is -0.140. The molecule has 1 aromatic rings. The molecule has 0 atom stereocenters. The molecule has 5 fully saturated rings. The van der Waals surface area contributed by atoms with E-state index in [0.717, 1.165) is 38.5 Å². The van der Waals surface area contributed by atoms with Crippen molar-refractivity contribution >= 4 is 21.6 Å². The maximum Gasteiger partial charge on any atom is 0.243 e. The van der Waals surface area contributed by atoms with E-state index in [2.05, 4.69) is 5.32 Å². The Labute approximate surface area is 179 Å². The summed E-state index contributed by atoms with van der Waals surface area (Å²) in [4.78, 5) is 13.7. The fourth-order valence-corrected chi connectivity index (χ4v) is 8.39. The number of amides is 1. The average Bonchev–Trinajstić information content (AvgIpc) is 2.73. The number of nitrogens with zero attached hydrogens (tertiary/aromatic N) is 1. The summed E-state index contributed by atoms with van der Waals surface area (Å²) in [5, 5.41) is 3.09. The van der Waals surface area contributed by atoms with Crippen LogP contribution >= 0.6 is 0 Å². The van der Waals surface area contributed by atoms with Crippen molar-refractivity contribution in [2.45, 2.75) is 62.7 Å². The van der Waals surface area contributed by atoms with Crippen LogP contribution in [-0.4, -0.2) is 38.8 Å². The first kappa shape index (κ1) is 20.3. The SMILES string of the molecule is COc1ccc(S(=O)(=O)N2CCCCC2)cc1NC(=O)C12CC3CC(CC(C3)C1)C2. The van der Waals surface area contributed by atoms with Crippen LogP contribution in [0.5, 0.6) is 5.75 Å². The smallest absolute Gasteiger partial charge is 0.243 e. The number of ether oxygens (including phenoxy) is 1. The number of hydrogen-bond donors (Lipinski definition) is 1. The lowest BCUT2D eigenvalue weighted by atomic mass is 9.49. The summed E-state index contributed by atoms with van der Waals surface area (Å²) in [6.45, 7) is 1.12. The van der Waals surface area contributed by atoms with Gasteiger partial charge < -0.3 is 10.1 Å². The molecule has 7 heteroatoms. The molecule has 0 aromatic heterocycles. The summed E-state index contributed by atoms with van der Waals surface area (Å²) in [6, 6.07) is 4.83. The van der Waals surface area contributed by atoms with Gasteiger partial charge in [0.2, 0.25) is 15.9 Å². The highest BCUT2D eigenvalue weighted by molar-refractivity contribution is 7.89. The fourth-order valence-electron chi connectivity index (χ4n) is 6.84. The van der Waals surface area contributed by atoms with Gasteiger partial charge in [-0.3, -0.25) is 4.79 Å². The molecule has 0 unspecified atom stereocenters. The number of benzene rings is 1. The van der Waals surface area contributed by atoms with Crippen LogP contribution in [0.2, 0.25) is 0 Å². The van der Waals surface area contributed by atoms with Gasteiger partial charge in [0, 0.05) is 13.1 Å². The van der Waals surface area contributed by atoms with Gasteiger partial charge in [-0.15, -0.1) is 0 Å². The molecule has 6 nitrogen and oxygen atoms in total. The van der Waals surface area contributed by atoms with Crippen molar-refractivity contribution in [1.29, 1.82) is 0 Å². The van der Waals surface area contributed by atoms with Crippen molar-refractivity contribution < 1.29 is 17.9 Å². The molecule has 1 heterocycles. The molecule has 4 aliphatic carbocycles. The number of nitrogens with one attached hydrogen (secondary N) is 1. The molecule has 1 amide bonds. The molecule has 1 aliphatic heterocycles. The van der Waals surface area contributed by atoms with Gasteiger partial charge in [-0.2, -0.15) is 4.31 Å². The van der Waals surface area contributed by atoms with Gasteiger partial charge in [-0.25, -0.2) is 8.42 Å². The lowest BCUT2D eigenvalue weighted by Gasteiger charge is -2.55. The third kappa shape index (κ3) is 3.44. The fraction of sp³-hybridized carbons (Fsp3) is 0.696. The van der Waals surface area contributed by atoms with Crippen molar-refractivity contribution in [1.82, 2.24) is 4.31 Å². The molecule has 30 heavy (non-hydrogen) atoms. The monoisotopic (exact) mass is 432 g/mol. The maximum atomic E-state index is 13.5. The minimum Gasteiger partial charge on any atom is -0.495 e. The number of anilines is 1. The van der Waals surface area contributed by atoms with Crippen LogP contribution in [0.3, 0.4) is 0 Å². The molecule has 4 bridgehead atoms. The normalized spacial score (nSPS) is 33.4. The van der Waals surface area contributed by atoms with Crippen LogP contribution < -0.4 is 10.1 Å². The number of piperidine rings is 1. The first-order chi connectivity index (χ1) is 14.4. The summed E-state index contributed by atoms with van der Waals surface area (Å²) in [6.07, 6.45) is 9.60. The predicted octanol–water partition coefficient (Wildman–Crippen LogP) is 4.02. The van der Waals surface area contributed by atoms with Crippen LogP contribution in [0.25, 0.3) is 0 Å². The Hall–Kier alpha value is -1.60. The predicted molar refractivity (Wildman–Crippen MR) is 115 cm³/mol. The Morgan fingerprint density at radius 1 is 1.03 bits per heavy atom. The zero-order valence-corrected chi connectivity index (χ0v) is 18.5. The Kier molecular flexibility index (Phi) is 5.09. The molecular formula is C23H32N2O4S. The number of carbonyl (C=O) groups excluding carboxylic acids is 1. The van der Waals surface area contributed by atoms with E-state index in [1.807, 2.05) is 0 Å². The second-order valence-electron chi connectivity index (χ2n) is 9.98. The second kappa shape index (κ2) is 7.52. The van der Waals surface area contributed by atoms with E-state index in [4.69, 9.17) is 4.74 Å². The molecule has 1 aromatic carbocycles. The summed E-state index contributed by atoms with van der Waals surface area (Å²) in [7, 11) is -2.01. The topological polar surface area (TPSA) is 75.7 Å². The van der Waals surface area contributed by atoms with Crippen molar-refractivity contribution in [2.75, 3.05) is 25.5 Å². The molecule has 4 saturated carbocycles. The summed E-state index contributed by atoms with van der Waals surface area (Å²) in [5.41, 5.74) is 0.179. The molecule has 0 radical (unpaired) electrons. The zero-order chi connectivity index (χ0) is 20.9. The summed E-state index contributed by atoms with van der Waals surface area (Å²) in [5.74, 6) is 2.58. The first-order valence-corrected chi connectivity index (χ1v) is 12.8. The number of sulfonamides is 1. The zero-order valence-electron chi connectivity index (χ0n) is 17.7. The van der Waals surface area contributed by atoms with Crippen LogP contribution in [0.1, 0.15) is 57.8 Å². The first-order valence-electron chi connectivity index (χ1n) is 11.4. The van der Waals surface area contributed by atoms with Gasteiger partial charge in [0.15, 0.2) is 0 Å². The molecule has 6 rings (SSSR count). The number of hydrogen-bond acceptors (Lipinski definition) is 4. The molecule has 1 N–H and O–H groups in total. The van der Waals surface area contributed by atoms with Crippen molar-refractivity contribution in [3.05, 3.63) is 18.2 Å². The van der Waals surface area contributed by atoms with Crippen LogP contribution in [0.15, 0.2) is 23.1 Å². The number of rotatable bonds is 5. The van der Waals surface area contributed by atoms with Gasteiger partial charge in [-0.1, -0.05) is 6.42 Å². The standard InChI is InChI=1S/C23H32N2O4S/c1-29-21-6-5-19(30(27,28)25-7-3-2-4-8-25)12-20(21)24-22(26)23-13-16-9-17(14-23)11-18(10-16)15-23/h5-6,12,16-18H,2-4,7-11,13-15H2,1H3,(H,24,26). The van der Waals surface area contributed by atoms with Crippen molar-refractivity contribution in [2.24, 2.45) is 23.2 Å². The van der Waals surface area contributed by atoms with E-state index < -0.39 is 10.0 Å². The molecule has 0 spiro atoms. The van der Waals surface area contributed by atoms with Gasteiger partial charge in [0.25, 0.3) is 0 Å². The summed E-state index contributed by atoms with van der Waals surface area (Å²) < 4.78 is 33.3. The minimum atomic E-state index is -3.56. The highest BCUT2D eigenvalue weighted by Crippen LogP contribution is 2.60. The highest BCUT2D eigenvalue weighted by Gasteiger charge is 2.54. The van der Waals surface area contributed by atoms with Gasteiger partial charge in [0.1, 0.15) is 5.75 Å². The van der Waals surface area contributed by atoms with Crippen LogP contribution in [-0.2, 0) is 14.8 Å². The Bertz CT molecular complexity index is 901. The molecule has 1 saturated heterocycles. The third-order valence-corrected chi connectivity index (χ3v) is 9.79. The van der Waals surface area contributed by atoms with Crippen molar-refractivity contribution in [3.63, 3.8) is 0 Å². The van der Waals surface area contributed by atoms with Gasteiger partial charge >= 0.3 is 0 Å². The van der Waals surface area contributed by atoms with Crippen LogP contribution in [0, 0.1) is 23.2 Å². The second-order valence-corrected chi connectivity index (χ2v) is 11.9. The van der Waals surface area contributed by atoms with E-state index in [0.29, 0.717) is 42.3 Å². The lowest BCUT2D eigenvalue weighted by Crippen LogP contribution is -2.51. The Morgan fingerprint density at radius 3 is 2.20 bits per heavy atom. The number of methoxy groups -OCH3 is 1. The van der Waals surface area contributed by atoms with E-state index in [-0.39, 0.29) is 16.2 Å². The minimum absolute atomic E-state index is 0.0485. The van der Waals surface area contributed by atoms with E-state index in [9.17, 15) is 13.2 Å². The summed E-state index contributed by atoms with van der Waals surface area (Å²) >= 11 is 0.